The summed E-state index contributed by atoms with van der Waals surface area (Å²) >= 11 is 0. The standard InChI is InChI=1S/C116H142O21/c1-6-11-76-122-97-56-36-87(37-57-97)92-46-66-102(67-47-92)127-81-26-16-21-31-108(117)132-86-107-113(134-109(118)32-22-17-27-82-128-103-68-48-93(49-69-103)88-38-58-98(59-39-88)123-77-12-7-2)114(135-110(119)33-23-18-28-83-129-104-70-50-94(51-71-104)89-40-60-99(61-41-89)124-78-13-8-3)115(136-111(120)34-24-19-29-84-130-105-72-52-95(53-73-105)90-42-62-100(63-43-90)125-79-14-9-4)116(133-107)137-112(121)35-25-20-30-85-131-106-74-54-96(55-75-106)91-44-64-101(65-45-91)126-80-15-10-5/h36-75,107,113-116H,6-35,76-86H2,1-5H3/t107-,113-,114+,115-,116+/m1/s1. The summed E-state index contributed by atoms with van der Waals surface area (Å²) in [5.74, 6) is 4.29. The molecule has 0 N–H and O–H groups in total. The van der Waals surface area contributed by atoms with Crippen LogP contribution in [0.4, 0.5) is 0 Å². The highest BCUT2D eigenvalue weighted by atomic mass is 16.7. The van der Waals surface area contributed by atoms with Crippen LogP contribution in [0.25, 0.3) is 55.6 Å². The van der Waals surface area contributed by atoms with E-state index in [9.17, 15) is 24.0 Å². The molecule has 0 saturated carbocycles. The zero-order valence-corrected chi connectivity index (χ0v) is 81.0. The molecular weight excluding hydrogens is 1730 g/mol. The van der Waals surface area contributed by atoms with Gasteiger partial charge in [0.05, 0.1) is 66.1 Å². The SMILES string of the molecule is CCCCOc1ccc(-c2ccc(OCCCCCC(=O)OC[C@H]3O[C@@H](OC(=O)CCCCCOc4ccc(-c5ccc(OCCCC)cc5)cc4)[C@H](OC(=O)CCCCCOc4ccc(-c5ccc(OCCCC)cc5)cc4)[C@@H](OC(=O)CCCCCOc4ccc(-c5ccc(OCCCC)cc5)cc4)[C@@H]3OC(=O)CCCCCOc3ccc(-c4ccc(OCCCC)cc4)cc3)cc2)cc1. The minimum Gasteiger partial charge on any atom is -0.494 e. The van der Waals surface area contributed by atoms with Crippen LogP contribution in [0.2, 0.25) is 0 Å². The summed E-state index contributed by atoms with van der Waals surface area (Å²) in [7, 11) is 0. The number of rotatable bonds is 66. The second-order valence-electron chi connectivity index (χ2n) is 34.6. The molecule has 0 aromatic heterocycles. The third kappa shape index (κ3) is 38.2. The van der Waals surface area contributed by atoms with Gasteiger partial charge in [0.25, 0.3) is 0 Å². The second kappa shape index (κ2) is 60.9. The third-order valence-corrected chi connectivity index (χ3v) is 23.6. The molecule has 0 radical (unpaired) electrons. The minimum atomic E-state index is -1.74. The summed E-state index contributed by atoms with van der Waals surface area (Å²) < 4.78 is 98.5. The summed E-state index contributed by atoms with van der Waals surface area (Å²) in [4.78, 5) is 72.5. The number of esters is 5. The van der Waals surface area contributed by atoms with Crippen molar-refractivity contribution in [1.29, 1.82) is 0 Å². The van der Waals surface area contributed by atoms with Gasteiger partial charge in [-0.2, -0.15) is 0 Å². The smallest absolute Gasteiger partial charge is 0.308 e. The molecule has 1 saturated heterocycles. The van der Waals surface area contributed by atoms with Crippen molar-refractivity contribution >= 4 is 29.8 Å². The second-order valence-corrected chi connectivity index (χ2v) is 34.6. The van der Waals surface area contributed by atoms with Gasteiger partial charge < -0.3 is 75.8 Å². The Morgan fingerprint density at radius 3 is 0.577 bits per heavy atom. The first-order chi connectivity index (χ1) is 67.3. The highest BCUT2D eigenvalue weighted by Crippen LogP contribution is 2.36. The lowest BCUT2D eigenvalue weighted by atomic mass is 9.97. The Labute approximate surface area is 811 Å². The predicted octanol–water partition coefficient (Wildman–Crippen LogP) is 27.0. The molecular formula is C116H142O21. The lowest BCUT2D eigenvalue weighted by Crippen LogP contribution is -2.63. The van der Waals surface area contributed by atoms with E-state index in [-0.39, 0.29) is 32.1 Å². The molecule has 1 fully saturated rings. The zero-order chi connectivity index (χ0) is 95.9. The summed E-state index contributed by atoms with van der Waals surface area (Å²) in [6.07, 6.45) is 9.78. The minimum absolute atomic E-state index is 0.0130. The van der Waals surface area contributed by atoms with E-state index >= 15 is 0 Å². The molecule has 732 valence electrons. The van der Waals surface area contributed by atoms with Crippen LogP contribution in [-0.4, -0.2) is 133 Å². The number of benzene rings is 10. The Morgan fingerprint density at radius 1 is 0.197 bits per heavy atom. The predicted molar refractivity (Wildman–Crippen MR) is 537 cm³/mol. The average molecular weight is 1870 g/mol. The Kier molecular flexibility index (Phi) is 46.6. The number of carbonyl (C=O) groups is 5. The molecule has 0 bridgehead atoms. The van der Waals surface area contributed by atoms with Crippen molar-refractivity contribution in [2.75, 3.05) is 72.7 Å². The molecule has 5 atom stereocenters. The quantitative estimate of drug-likeness (QED) is 0.0196. The largest absolute Gasteiger partial charge is 0.494 e. The van der Waals surface area contributed by atoms with Gasteiger partial charge in [-0.3, -0.25) is 24.0 Å². The van der Waals surface area contributed by atoms with Gasteiger partial charge in [0.15, 0.2) is 12.2 Å². The molecule has 11 rings (SSSR count). The normalized spacial score (nSPS) is 14.4. The van der Waals surface area contributed by atoms with Crippen LogP contribution in [0.3, 0.4) is 0 Å². The summed E-state index contributed by atoms with van der Waals surface area (Å²) in [5, 5.41) is 0. The molecule has 1 aliphatic heterocycles. The van der Waals surface area contributed by atoms with Gasteiger partial charge in [0.2, 0.25) is 12.4 Å². The van der Waals surface area contributed by atoms with Crippen LogP contribution in [0.1, 0.15) is 227 Å². The Hall–Kier alpha value is -12.5. The van der Waals surface area contributed by atoms with Gasteiger partial charge in [0.1, 0.15) is 70.2 Å². The maximum Gasteiger partial charge on any atom is 0.308 e. The van der Waals surface area contributed by atoms with Crippen molar-refractivity contribution in [1.82, 2.24) is 0 Å². The fourth-order valence-corrected chi connectivity index (χ4v) is 15.4. The number of carbonyl (C=O) groups excluding carboxylic acids is 5. The van der Waals surface area contributed by atoms with Gasteiger partial charge >= 0.3 is 29.8 Å². The topological polar surface area (TPSA) is 233 Å². The average Bonchev–Trinajstić information content (AvgIpc) is 0.777. The van der Waals surface area contributed by atoms with Crippen LogP contribution in [-0.2, 0) is 52.4 Å². The van der Waals surface area contributed by atoms with E-state index in [1.165, 1.54) is 0 Å². The monoisotopic (exact) mass is 1870 g/mol. The first-order valence-corrected chi connectivity index (χ1v) is 50.2. The van der Waals surface area contributed by atoms with Crippen molar-refractivity contribution in [3.8, 4) is 113 Å². The third-order valence-electron chi connectivity index (χ3n) is 23.6. The highest BCUT2D eigenvalue weighted by molar-refractivity contribution is 5.74. The number of hydrogen-bond acceptors (Lipinski definition) is 21. The fraction of sp³-hybridized carbons (Fsp3) is 0.440. The van der Waals surface area contributed by atoms with E-state index in [2.05, 4.69) is 34.6 Å². The van der Waals surface area contributed by atoms with Gasteiger partial charge in [-0.05, 0) is 305 Å². The maximum absolute atomic E-state index is 14.8. The van der Waals surface area contributed by atoms with E-state index < -0.39 is 67.2 Å². The fourth-order valence-electron chi connectivity index (χ4n) is 15.4. The summed E-state index contributed by atoms with van der Waals surface area (Å²) in [6, 6.07) is 79.8. The Morgan fingerprint density at radius 2 is 0.372 bits per heavy atom. The van der Waals surface area contributed by atoms with Gasteiger partial charge in [-0.15, -0.1) is 0 Å². The van der Waals surface area contributed by atoms with Crippen molar-refractivity contribution in [3.63, 3.8) is 0 Å². The van der Waals surface area contributed by atoms with Gasteiger partial charge in [-0.25, -0.2) is 0 Å². The van der Waals surface area contributed by atoms with Crippen LogP contribution >= 0.6 is 0 Å². The van der Waals surface area contributed by atoms with Crippen LogP contribution in [0.15, 0.2) is 243 Å². The zero-order valence-electron chi connectivity index (χ0n) is 81.0. The summed E-state index contributed by atoms with van der Waals surface area (Å²) in [6.45, 7) is 15.5. The highest BCUT2D eigenvalue weighted by Gasteiger charge is 2.54. The number of ether oxygens (including phenoxy) is 16. The van der Waals surface area contributed by atoms with E-state index in [0.29, 0.717) is 185 Å². The molecule has 0 aliphatic carbocycles. The molecule has 0 amide bonds. The Balaban J connectivity index is 0.768. The molecule has 137 heavy (non-hydrogen) atoms. The van der Waals surface area contributed by atoms with Crippen LogP contribution < -0.4 is 47.4 Å². The molecule has 21 heteroatoms. The van der Waals surface area contributed by atoms with Crippen molar-refractivity contribution < 1.29 is 99.8 Å². The van der Waals surface area contributed by atoms with Crippen LogP contribution in [0.5, 0.6) is 57.5 Å². The van der Waals surface area contributed by atoms with E-state index in [1.807, 2.05) is 243 Å². The van der Waals surface area contributed by atoms with Crippen LogP contribution in [0, 0.1) is 0 Å². The molecule has 0 spiro atoms. The first kappa shape index (κ1) is 105. The van der Waals surface area contributed by atoms with Crippen molar-refractivity contribution in [3.05, 3.63) is 243 Å². The van der Waals surface area contributed by atoms with E-state index in [1.54, 1.807) is 0 Å². The number of unbranched alkanes of at least 4 members (excludes halogenated alkanes) is 15. The van der Waals surface area contributed by atoms with Gasteiger partial charge in [0, 0.05) is 32.1 Å². The van der Waals surface area contributed by atoms with Gasteiger partial charge in [-0.1, -0.05) is 188 Å². The first-order valence-electron chi connectivity index (χ1n) is 50.2. The molecule has 0 unspecified atom stereocenters. The molecule has 10 aromatic carbocycles. The van der Waals surface area contributed by atoms with E-state index in [4.69, 9.17) is 75.8 Å². The van der Waals surface area contributed by atoms with Crippen molar-refractivity contribution in [2.45, 2.75) is 258 Å². The molecule has 1 heterocycles. The molecule has 21 nitrogen and oxygen atoms in total. The molecule has 10 aromatic rings. The maximum atomic E-state index is 14.8. The number of hydrogen-bond donors (Lipinski definition) is 0. The lowest BCUT2D eigenvalue weighted by Gasteiger charge is -2.44. The summed E-state index contributed by atoms with van der Waals surface area (Å²) in [5.41, 5.74) is 10.5. The lowest BCUT2D eigenvalue weighted by molar-refractivity contribution is -0.301. The Bertz CT molecular complexity index is 5050. The van der Waals surface area contributed by atoms with E-state index in [0.717, 1.165) is 154 Å². The molecule has 1 aliphatic rings. The van der Waals surface area contributed by atoms with Crippen molar-refractivity contribution in [2.24, 2.45) is 0 Å².